The van der Waals surface area contributed by atoms with E-state index in [1.807, 2.05) is 31.2 Å². The van der Waals surface area contributed by atoms with Crippen molar-refractivity contribution in [2.75, 3.05) is 4.90 Å². The van der Waals surface area contributed by atoms with E-state index < -0.39 is 4.92 Å². The van der Waals surface area contributed by atoms with Crippen LogP contribution in [0.15, 0.2) is 52.8 Å². The van der Waals surface area contributed by atoms with Crippen molar-refractivity contribution in [2.45, 2.75) is 26.8 Å². The Hall–Kier alpha value is -3.33. The molecule has 144 valence electrons. The number of rotatable bonds is 6. The number of pyridine rings is 1. The van der Waals surface area contributed by atoms with Crippen molar-refractivity contribution in [3.05, 3.63) is 79.7 Å². The molecule has 8 nitrogen and oxygen atoms in total. The van der Waals surface area contributed by atoms with E-state index in [1.54, 1.807) is 10.3 Å². The average Bonchev–Trinajstić information content (AvgIpc) is 3.11. The molecule has 28 heavy (non-hydrogen) atoms. The van der Waals surface area contributed by atoms with E-state index in [2.05, 4.69) is 4.98 Å². The molecule has 0 spiro atoms. The van der Waals surface area contributed by atoms with Gasteiger partial charge in [0.15, 0.2) is 5.13 Å². The Labute approximate surface area is 164 Å². The number of hydrogen-bond donors (Lipinski definition) is 0. The second kappa shape index (κ2) is 8.13. The number of amides is 1. The Kier molecular flexibility index (Phi) is 5.65. The zero-order valence-electron chi connectivity index (χ0n) is 15.4. The summed E-state index contributed by atoms with van der Waals surface area (Å²) in [7, 11) is 0. The molecule has 3 aromatic rings. The van der Waals surface area contributed by atoms with E-state index in [0.29, 0.717) is 10.8 Å². The van der Waals surface area contributed by atoms with Crippen molar-refractivity contribution in [3.8, 4) is 0 Å². The molecule has 9 heteroatoms. The van der Waals surface area contributed by atoms with Gasteiger partial charge >= 0.3 is 0 Å². The minimum atomic E-state index is -0.554. The van der Waals surface area contributed by atoms with Gasteiger partial charge in [-0.05, 0) is 18.1 Å². The Morgan fingerprint density at radius 1 is 1.29 bits per heavy atom. The van der Waals surface area contributed by atoms with Gasteiger partial charge in [0, 0.05) is 24.4 Å². The quantitative estimate of drug-likeness (QED) is 0.467. The van der Waals surface area contributed by atoms with Crippen molar-refractivity contribution in [3.63, 3.8) is 0 Å². The van der Waals surface area contributed by atoms with E-state index in [-0.39, 0.29) is 23.7 Å². The normalized spacial score (nSPS) is 10.6. The fourth-order valence-electron chi connectivity index (χ4n) is 2.83. The maximum Gasteiger partial charge on any atom is 0.285 e. The van der Waals surface area contributed by atoms with E-state index in [9.17, 15) is 19.7 Å². The van der Waals surface area contributed by atoms with Crippen LogP contribution in [0, 0.1) is 10.1 Å². The largest absolute Gasteiger partial charge is 0.303 e. The second-order valence-corrected chi connectivity index (χ2v) is 6.91. The highest BCUT2D eigenvalue weighted by molar-refractivity contribution is 7.14. The van der Waals surface area contributed by atoms with Gasteiger partial charge in [0.2, 0.25) is 5.91 Å². The fourth-order valence-corrected chi connectivity index (χ4v) is 3.70. The van der Waals surface area contributed by atoms with Gasteiger partial charge in [-0.2, -0.15) is 0 Å². The minimum Gasteiger partial charge on any atom is -0.303 e. The van der Waals surface area contributed by atoms with E-state index in [4.69, 9.17) is 0 Å². The average molecular weight is 398 g/mol. The van der Waals surface area contributed by atoms with Gasteiger partial charge in [-0.15, -0.1) is 11.3 Å². The monoisotopic (exact) mass is 398 g/mol. The van der Waals surface area contributed by atoms with Crippen LogP contribution in [0.1, 0.15) is 25.1 Å². The Morgan fingerprint density at radius 3 is 2.71 bits per heavy atom. The number of anilines is 2. The van der Waals surface area contributed by atoms with Crippen molar-refractivity contribution in [1.82, 2.24) is 9.55 Å². The number of carbonyl (C=O) groups excluding carboxylic acids is 1. The first-order valence-electron chi connectivity index (χ1n) is 8.58. The summed E-state index contributed by atoms with van der Waals surface area (Å²) in [5, 5.41) is 13.2. The summed E-state index contributed by atoms with van der Waals surface area (Å²) in [4.78, 5) is 40.7. The van der Waals surface area contributed by atoms with Crippen LogP contribution in [0.4, 0.5) is 16.5 Å². The highest BCUT2D eigenvalue weighted by Gasteiger charge is 2.20. The van der Waals surface area contributed by atoms with Crippen LogP contribution in [-0.2, 0) is 17.8 Å². The summed E-state index contributed by atoms with van der Waals surface area (Å²) in [5.41, 5.74) is 1.80. The van der Waals surface area contributed by atoms with Crippen LogP contribution in [0.3, 0.4) is 0 Å². The number of carbonyl (C=O) groups is 1. The van der Waals surface area contributed by atoms with Gasteiger partial charge in [-0.25, -0.2) is 4.98 Å². The molecule has 0 aliphatic rings. The molecule has 0 saturated heterocycles. The van der Waals surface area contributed by atoms with Gasteiger partial charge < -0.3 is 4.57 Å². The first-order chi connectivity index (χ1) is 13.4. The van der Waals surface area contributed by atoms with Gasteiger partial charge in [0.25, 0.3) is 11.2 Å². The van der Waals surface area contributed by atoms with Crippen LogP contribution >= 0.6 is 11.3 Å². The summed E-state index contributed by atoms with van der Waals surface area (Å²) in [6.07, 6.45) is 1.96. The van der Waals surface area contributed by atoms with Crippen LogP contribution in [0.2, 0.25) is 0 Å². The number of nitrogens with zero attached hydrogens (tertiary/aromatic N) is 4. The van der Waals surface area contributed by atoms with Crippen molar-refractivity contribution < 1.29 is 9.72 Å². The standard InChI is InChI=1S/C19H18N4O4S/c1-3-14-6-4-5-7-17(14)22(13(2)24)19-20-15(12-28-19)10-21-11-16(23(26)27)8-9-18(21)25/h4-9,11-12H,3,10H2,1-2H3. The molecule has 0 aliphatic carbocycles. The summed E-state index contributed by atoms with van der Waals surface area (Å²) >= 11 is 1.28. The van der Waals surface area contributed by atoms with Gasteiger partial charge in [0.05, 0.1) is 29.0 Å². The molecule has 0 aliphatic heterocycles. The van der Waals surface area contributed by atoms with Crippen LogP contribution in [0.25, 0.3) is 0 Å². The van der Waals surface area contributed by atoms with Gasteiger partial charge in [-0.3, -0.25) is 24.6 Å². The number of hydrogen-bond acceptors (Lipinski definition) is 6. The van der Waals surface area contributed by atoms with Crippen molar-refractivity contribution in [2.24, 2.45) is 0 Å². The third-order valence-corrected chi connectivity index (χ3v) is 5.04. The van der Waals surface area contributed by atoms with Crippen LogP contribution in [-0.4, -0.2) is 20.4 Å². The predicted octanol–water partition coefficient (Wildman–Crippen LogP) is 3.51. The lowest BCUT2D eigenvalue weighted by atomic mass is 10.1. The third kappa shape index (κ3) is 3.99. The van der Waals surface area contributed by atoms with E-state index in [0.717, 1.165) is 23.7 Å². The molecule has 0 unspecified atom stereocenters. The highest BCUT2D eigenvalue weighted by Crippen LogP contribution is 2.31. The summed E-state index contributed by atoms with van der Waals surface area (Å²) in [6.45, 7) is 3.57. The molecule has 1 aromatic carbocycles. The number of thiazole rings is 1. The number of benzene rings is 1. The zero-order chi connectivity index (χ0) is 20.3. The van der Waals surface area contributed by atoms with Gasteiger partial charge in [0.1, 0.15) is 0 Å². The lowest BCUT2D eigenvalue weighted by Gasteiger charge is -2.21. The molecular weight excluding hydrogens is 380 g/mol. The minimum absolute atomic E-state index is 0.0815. The lowest BCUT2D eigenvalue weighted by Crippen LogP contribution is -2.24. The predicted molar refractivity (Wildman–Crippen MR) is 107 cm³/mol. The molecule has 0 saturated carbocycles. The van der Waals surface area contributed by atoms with Crippen LogP contribution < -0.4 is 10.5 Å². The highest BCUT2D eigenvalue weighted by atomic mass is 32.1. The summed E-state index contributed by atoms with van der Waals surface area (Å²) in [6, 6.07) is 9.94. The maximum atomic E-state index is 12.3. The second-order valence-electron chi connectivity index (χ2n) is 6.07. The fraction of sp³-hybridized carbons (Fsp3) is 0.211. The zero-order valence-corrected chi connectivity index (χ0v) is 16.2. The molecule has 1 amide bonds. The van der Waals surface area contributed by atoms with E-state index in [1.165, 1.54) is 35.1 Å². The molecule has 0 N–H and O–H groups in total. The summed E-state index contributed by atoms with van der Waals surface area (Å²) < 4.78 is 1.23. The topological polar surface area (TPSA) is 98.3 Å². The number of aromatic nitrogens is 2. The molecule has 0 radical (unpaired) electrons. The molecule has 3 rings (SSSR count). The first-order valence-corrected chi connectivity index (χ1v) is 9.46. The summed E-state index contributed by atoms with van der Waals surface area (Å²) in [5.74, 6) is -0.172. The van der Waals surface area contributed by atoms with E-state index >= 15 is 0 Å². The van der Waals surface area contributed by atoms with Crippen LogP contribution in [0.5, 0.6) is 0 Å². The lowest BCUT2D eigenvalue weighted by molar-refractivity contribution is -0.385. The molecule has 0 fully saturated rings. The number of para-hydroxylation sites is 1. The smallest absolute Gasteiger partial charge is 0.285 e. The Morgan fingerprint density at radius 2 is 2.04 bits per heavy atom. The number of nitro groups is 1. The molecule has 2 aromatic heterocycles. The molecule has 0 bridgehead atoms. The molecule has 2 heterocycles. The maximum absolute atomic E-state index is 12.3. The number of aryl methyl sites for hydroxylation is 1. The Balaban J connectivity index is 1.94. The SMILES string of the molecule is CCc1ccccc1N(C(C)=O)c1nc(Cn2cc([N+](=O)[O-])ccc2=O)cs1. The van der Waals surface area contributed by atoms with Gasteiger partial charge in [-0.1, -0.05) is 25.1 Å². The van der Waals surface area contributed by atoms with Crippen molar-refractivity contribution in [1.29, 1.82) is 0 Å². The first kappa shape index (κ1) is 19.4. The molecular formula is C19H18N4O4S. The molecule has 0 atom stereocenters. The third-order valence-electron chi connectivity index (χ3n) is 4.17. The van der Waals surface area contributed by atoms with Crippen molar-refractivity contribution >= 4 is 33.8 Å². The Bertz CT molecular complexity index is 1090.